The van der Waals surface area contributed by atoms with Crippen LogP contribution in [0.15, 0.2) is 29.4 Å². The molecule has 0 spiro atoms. The van der Waals surface area contributed by atoms with E-state index in [1.807, 2.05) is 21.0 Å². The van der Waals surface area contributed by atoms with Crippen LogP contribution in [0, 0.1) is 11.3 Å². The minimum absolute atomic E-state index is 0.128. The lowest BCUT2D eigenvalue weighted by molar-refractivity contribution is -0.115. The zero-order valence-electron chi connectivity index (χ0n) is 17.8. The van der Waals surface area contributed by atoms with Gasteiger partial charge in [-0.25, -0.2) is 0 Å². The zero-order valence-corrected chi connectivity index (χ0v) is 18.7. The second kappa shape index (κ2) is 11.0. The number of hydrogen-bond donors (Lipinski definition) is 1. The van der Waals surface area contributed by atoms with Crippen molar-refractivity contribution >= 4 is 23.4 Å². The smallest absolute Gasteiger partial charge is 0.237 e. The van der Waals surface area contributed by atoms with Crippen LogP contribution in [0.4, 0.5) is 5.69 Å². The number of aromatic nitrogens is 3. The Morgan fingerprint density at radius 3 is 2.72 bits per heavy atom. The molecule has 0 aliphatic rings. The molecule has 2 atom stereocenters. The van der Waals surface area contributed by atoms with E-state index in [0.717, 1.165) is 36.8 Å². The average molecular weight is 415 g/mol. The number of amides is 1. The molecular formula is C21H30N6OS. The summed E-state index contributed by atoms with van der Waals surface area (Å²) in [5.74, 6) is 0.819. The van der Waals surface area contributed by atoms with Gasteiger partial charge < -0.3 is 9.88 Å². The first-order chi connectivity index (χ1) is 13.9. The monoisotopic (exact) mass is 414 g/mol. The first-order valence-electron chi connectivity index (χ1n) is 9.98. The average Bonchev–Trinajstić information content (AvgIpc) is 3.08. The maximum Gasteiger partial charge on any atom is 0.237 e. The van der Waals surface area contributed by atoms with Crippen LogP contribution in [0.25, 0.3) is 0 Å². The van der Waals surface area contributed by atoms with Crippen LogP contribution in [0.3, 0.4) is 0 Å². The topological polar surface area (TPSA) is 86.8 Å². The number of rotatable bonds is 10. The van der Waals surface area contributed by atoms with Gasteiger partial charge in [-0.15, -0.1) is 10.2 Å². The number of nitrogens with zero attached hydrogens (tertiary/aromatic N) is 5. The van der Waals surface area contributed by atoms with Gasteiger partial charge >= 0.3 is 0 Å². The number of thioether (sulfide) groups is 1. The highest BCUT2D eigenvalue weighted by Crippen LogP contribution is 2.28. The minimum atomic E-state index is -0.349. The largest absolute Gasteiger partial charge is 0.325 e. The van der Waals surface area contributed by atoms with Crippen molar-refractivity contribution in [1.82, 2.24) is 19.7 Å². The highest BCUT2D eigenvalue weighted by molar-refractivity contribution is 8.00. The molecule has 1 heterocycles. The van der Waals surface area contributed by atoms with E-state index in [1.165, 1.54) is 11.8 Å². The predicted molar refractivity (Wildman–Crippen MR) is 117 cm³/mol. The van der Waals surface area contributed by atoms with E-state index in [-0.39, 0.29) is 17.2 Å². The number of hydrogen-bond acceptors (Lipinski definition) is 6. The zero-order chi connectivity index (χ0) is 21.4. The second-order valence-corrected chi connectivity index (χ2v) is 8.48. The van der Waals surface area contributed by atoms with Crippen molar-refractivity contribution < 1.29 is 4.79 Å². The number of unbranched alkanes of at least 4 members (excludes halogenated alkanes) is 1. The highest BCUT2D eigenvalue weighted by Gasteiger charge is 2.24. The summed E-state index contributed by atoms with van der Waals surface area (Å²) in [6.45, 7) is 6.99. The molecule has 0 radical (unpaired) electrons. The maximum absolute atomic E-state index is 12.7. The molecule has 2 aromatic rings. The quantitative estimate of drug-likeness (QED) is 0.590. The molecule has 1 amide bonds. The molecule has 1 aromatic heterocycles. The van der Waals surface area contributed by atoms with E-state index < -0.39 is 0 Å². The molecule has 0 saturated heterocycles. The van der Waals surface area contributed by atoms with Gasteiger partial charge in [0.2, 0.25) is 5.91 Å². The number of nitriles is 1. The predicted octanol–water partition coefficient (Wildman–Crippen LogP) is 4.08. The molecule has 1 N–H and O–H groups in total. The third kappa shape index (κ3) is 6.05. The molecule has 0 aliphatic heterocycles. The Morgan fingerprint density at radius 1 is 1.34 bits per heavy atom. The van der Waals surface area contributed by atoms with Crippen LogP contribution in [0.2, 0.25) is 0 Å². The Labute approximate surface area is 177 Å². The van der Waals surface area contributed by atoms with Crippen molar-refractivity contribution in [3.8, 4) is 6.07 Å². The van der Waals surface area contributed by atoms with Gasteiger partial charge in [0, 0.05) is 12.2 Å². The van der Waals surface area contributed by atoms with Crippen LogP contribution in [0.5, 0.6) is 0 Å². The third-order valence-electron chi connectivity index (χ3n) is 4.70. The van der Waals surface area contributed by atoms with Crippen molar-refractivity contribution in [3.05, 3.63) is 35.7 Å². The van der Waals surface area contributed by atoms with Crippen molar-refractivity contribution in [2.24, 2.45) is 0 Å². The summed E-state index contributed by atoms with van der Waals surface area (Å²) in [7, 11) is 4.09. The SMILES string of the molecule is CCCCn1c(S[C@H](C)C(=O)Nc2cccc(C#N)c2)nnc1[C@@H](CC)N(C)C. The Hall–Kier alpha value is -2.37. The number of anilines is 1. The van der Waals surface area contributed by atoms with Crippen molar-refractivity contribution in [2.45, 2.75) is 63.0 Å². The third-order valence-corrected chi connectivity index (χ3v) is 5.78. The first kappa shape index (κ1) is 22.9. The molecule has 0 saturated carbocycles. The molecule has 29 heavy (non-hydrogen) atoms. The van der Waals surface area contributed by atoms with Gasteiger partial charge in [-0.2, -0.15) is 5.26 Å². The van der Waals surface area contributed by atoms with Crippen molar-refractivity contribution in [1.29, 1.82) is 5.26 Å². The normalized spacial score (nSPS) is 13.1. The van der Waals surface area contributed by atoms with Gasteiger partial charge in [0.1, 0.15) is 0 Å². The fourth-order valence-corrected chi connectivity index (χ4v) is 3.94. The van der Waals surface area contributed by atoms with E-state index in [2.05, 4.69) is 44.9 Å². The summed E-state index contributed by atoms with van der Waals surface area (Å²) in [6, 6.07) is 9.18. The number of carbonyl (C=O) groups is 1. The minimum Gasteiger partial charge on any atom is -0.325 e. The summed E-state index contributed by atoms with van der Waals surface area (Å²) in [4.78, 5) is 14.8. The molecule has 0 fully saturated rings. The number of carbonyl (C=O) groups excluding carboxylic acids is 1. The van der Waals surface area contributed by atoms with Crippen LogP contribution >= 0.6 is 11.8 Å². The van der Waals surface area contributed by atoms with Crippen LogP contribution in [0.1, 0.15) is 57.5 Å². The fraction of sp³-hybridized carbons (Fsp3) is 0.524. The summed E-state index contributed by atoms with van der Waals surface area (Å²) in [5, 5.41) is 21.2. The van der Waals surface area contributed by atoms with E-state index in [4.69, 9.17) is 5.26 Å². The van der Waals surface area contributed by atoms with E-state index >= 15 is 0 Å². The van der Waals surface area contributed by atoms with Crippen LogP contribution < -0.4 is 5.32 Å². The van der Waals surface area contributed by atoms with Gasteiger partial charge in [-0.1, -0.05) is 38.1 Å². The van der Waals surface area contributed by atoms with Crippen LogP contribution in [-0.2, 0) is 11.3 Å². The molecule has 7 nitrogen and oxygen atoms in total. The summed E-state index contributed by atoms with van der Waals surface area (Å²) in [6.07, 6.45) is 3.04. The molecule has 0 bridgehead atoms. The van der Waals surface area contributed by atoms with E-state index in [9.17, 15) is 4.79 Å². The molecule has 0 unspecified atom stereocenters. The van der Waals surface area contributed by atoms with Crippen molar-refractivity contribution in [3.63, 3.8) is 0 Å². The molecule has 1 aromatic carbocycles. The molecule has 8 heteroatoms. The Morgan fingerprint density at radius 2 is 2.10 bits per heavy atom. The molecule has 0 aliphatic carbocycles. The van der Waals surface area contributed by atoms with Gasteiger partial charge in [-0.3, -0.25) is 9.69 Å². The standard InChI is InChI=1S/C21H30N6OS/c1-6-8-12-27-19(18(7-2)26(4)5)24-25-21(27)29-15(3)20(28)23-17-11-9-10-16(13-17)14-22/h9-11,13,15,18H,6-8,12H2,1-5H3,(H,23,28)/t15-,18-/m1/s1. The Bertz CT molecular complexity index is 857. The van der Waals surface area contributed by atoms with Gasteiger partial charge in [0.25, 0.3) is 0 Å². The summed E-state index contributed by atoms with van der Waals surface area (Å²) < 4.78 is 2.16. The lowest BCUT2D eigenvalue weighted by atomic mass is 10.2. The molecule has 2 rings (SSSR count). The van der Waals surface area contributed by atoms with Gasteiger partial charge in [0.15, 0.2) is 11.0 Å². The van der Waals surface area contributed by atoms with Crippen LogP contribution in [-0.4, -0.2) is 44.9 Å². The Balaban J connectivity index is 2.17. The first-order valence-corrected chi connectivity index (χ1v) is 10.9. The van der Waals surface area contributed by atoms with Crippen molar-refractivity contribution in [2.75, 3.05) is 19.4 Å². The van der Waals surface area contributed by atoms with Gasteiger partial charge in [-0.05, 0) is 52.1 Å². The summed E-state index contributed by atoms with van der Waals surface area (Å²) in [5.41, 5.74) is 1.13. The Kier molecular flexibility index (Phi) is 8.68. The lowest BCUT2D eigenvalue weighted by Gasteiger charge is -2.23. The number of benzene rings is 1. The fourth-order valence-electron chi connectivity index (χ4n) is 3.06. The molecule has 156 valence electrons. The lowest BCUT2D eigenvalue weighted by Crippen LogP contribution is -2.24. The van der Waals surface area contributed by atoms with Gasteiger partial charge in [0.05, 0.1) is 22.9 Å². The summed E-state index contributed by atoms with van der Waals surface area (Å²) >= 11 is 1.41. The maximum atomic E-state index is 12.7. The number of nitrogens with one attached hydrogen (secondary N) is 1. The highest BCUT2D eigenvalue weighted by atomic mass is 32.2. The molecular weight excluding hydrogens is 384 g/mol. The second-order valence-electron chi connectivity index (χ2n) is 7.18. The van der Waals surface area contributed by atoms with E-state index in [0.29, 0.717) is 11.3 Å². The van der Waals surface area contributed by atoms with E-state index in [1.54, 1.807) is 24.3 Å².